The van der Waals surface area contributed by atoms with E-state index in [2.05, 4.69) is 42.6 Å². The molecule has 0 aliphatic carbocycles. The van der Waals surface area contributed by atoms with E-state index in [1.54, 1.807) is 6.20 Å². The summed E-state index contributed by atoms with van der Waals surface area (Å²) >= 11 is 0. The first-order valence-corrected chi connectivity index (χ1v) is 9.59. The average Bonchev–Trinajstić information content (AvgIpc) is 3.28. The summed E-state index contributed by atoms with van der Waals surface area (Å²) < 4.78 is 17.6. The number of hydrogen-bond acceptors (Lipinski definition) is 6. The number of aromatic nitrogens is 3. The van der Waals surface area contributed by atoms with Gasteiger partial charge in [0.15, 0.2) is 17.7 Å². The Hall–Kier alpha value is -2.37. The van der Waals surface area contributed by atoms with Gasteiger partial charge in [-0.05, 0) is 20.8 Å². The molecule has 2 atom stereocenters. The van der Waals surface area contributed by atoms with Gasteiger partial charge in [-0.15, -0.1) is 0 Å². The maximum absolute atomic E-state index is 5.98. The molecule has 2 unspecified atom stereocenters. The molecule has 0 N–H and O–H groups in total. The third-order valence-corrected chi connectivity index (χ3v) is 4.89. The van der Waals surface area contributed by atoms with Gasteiger partial charge in [-0.1, -0.05) is 27.7 Å². The van der Waals surface area contributed by atoms with Crippen LogP contribution in [-0.2, 0) is 12.8 Å². The SMILES string of the molecule is Cc1nc(C(C)Cc2ncc(C(C)Cc3nc(C)c(C(C)C)o3)o2)oc1C. The lowest BCUT2D eigenvalue weighted by atomic mass is 10.1. The van der Waals surface area contributed by atoms with E-state index >= 15 is 0 Å². The Morgan fingerprint density at radius 2 is 1.52 bits per heavy atom. The van der Waals surface area contributed by atoms with Crippen molar-refractivity contribution < 1.29 is 13.3 Å². The molecule has 3 aromatic heterocycles. The molecular formula is C21H29N3O3. The highest BCUT2D eigenvalue weighted by Crippen LogP contribution is 2.27. The van der Waals surface area contributed by atoms with Gasteiger partial charge < -0.3 is 13.3 Å². The zero-order valence-corrected chi connectivity index (χ0v) is 17.3. The van der Waals surface area contributed by atoms with Crippen LogP contribution in [-0.4, -0.2) is 15.0 Å². The summed E-state index contributed by atoms with van der Waals surface area (Å²) in [6.07, 6.45) is 3.15. The van der Waals surface area contributed by atoms with Gasteiger partial charge in [-0.3, -0.25) is 0 Å². The molecule has 3 heterocycles. The first-order valence-electron chi connectivity index (χ1n) is 9.59. The second-order valence-corrected chi connectivity index (χ2v) is 7.77. The van der Waals surface area contributed by atoms with Crippen molar-refractivity contribution in [3.63, 3.8) is 0 Å². The van der Waals surface area contributed by atoms with Gasteiger partial charge in [-0.25, -0.2) is 15.0 Å². The predicted octanol–water partition coefficient (Wildman–Crippen LogP) is 5.39. The predicted molar refractivity (Wildman–Crippen MR) is 102 cm³/mol. The Kier molecular flexibility index (Phi) is 5.53. The van der Waals surface area contributed by atoms with Crippen LogP contribution in [0.2, 0.25) is 0 Å². The van der Waals surface area contributed by atoms with Crippen LogP contribution < -0.4 is 0 Å². The Bertz CT molecular complexity index is 884. The highest BCUT2D eigenvalue weighted by molar-refractivity contribution is 5.13. The van der Waals surface area contributed by atoms with Gasteiger partial charge in [0.25, 0.3) is 0 Å². The molecule has 146 valence electrons. The van der Waals surface area contributed by atoms with E-state index in [-0.39, 0.29) is 11.8 Å². The number of nitrogens with zero attached hydrogens (tertiary/aromatic N) is 3. The quantitative estimate of drug-likeness (QED) is 0.554. The fraction of sp³-hybridized carbons (Fsp3) is 0.571. The van der Waals surface area contributed by atoms with Crippen molar-refractivity contribution in [1.82, 2.24) is 15.0 Å². The zero-order valence-electron chi connectivity index (χ0n) is 17.3. The molecule has 0 aliphatic heterocycles. The molecule has 27 heavy (non-hydrogen) atoms. The Labute approximate surface area is 160 Å². The lowest BCUT2D eigenvalue weighted by molar-refractivity contribution is 0.379. The van der Waals surface area contributed by atoms with Gasteiger partial charge >= 0.3 is 0 Å². The first kappa shape index (κ1) is 19.4. The molecular weight excluding hydrogens is 342 g/mol. The van der Waals surface area contributed by atoms with Crippen LogP contribution in [0.25, 0.3) is 0 Å². The second-order valence-electron chi connectivity index (χ2n) is 7.77. The molecule has 0 bridgehead atoms. The molecule has 0 fully saturated rings. The van der Waals surface area contributed by atoms with Crippen LogP contribution in [0.4, 0.5) is 0 Å². The fourth-order valence-electron chi connectivity index (χ4n) is 3.16. The normalized spacial score (nSPS) is 14.1. The van der Waals surface area contributed by atoms with Crippen LogP contribution in [0.1, 0.15) is 91.8 Å². The van der Waals surface area contributed by atoms with E-state index < -0.39 is 0 Å². The van der Waals surface area contributed by atoms with E-state index in [1.807, 2.05) is 20.8 Å². The van der Waals surface area contributed by atoms with Crippen molar-refractivity contribution in [1.29, 1.82) is 0 Å². The Morgan fingerprint density at radius 3 is 2.11 bits per heavy atom. The van der Waals surface area contributed by atoms with Crippen molar-refractivity contribution in [3.05, 3.63) is 52.5 Å². The van der Waals surface area contributed by atoms with E-state index in [9.17, 15) is 0 Å². The fourth-order valence-corrected chi connectivity index (χ4v) is 3.16. The number of rotatable bonds is 7. The summed E-state index contributed by atoms with van der Waals surface area (Å²) in [5.74, 6) is 5.44. The molecule has 6 heteroatoms. The Balaban J connectivity index is 1.65. The largest absolute Gasteiger partial charge is 0.445 e. The summed E-state index contributed by atoms with van der Waals surface area (Å²) in [4.78, 5) is 13.5. The van der Waals surface area contributed by atoms with Gasteiger partial charge in [0.1, 0.15) is 17.3 Å². The smallest absolute Gasteiger partial charge is 0.197 e. The van der Waals surface area contributed by atoms with E-state index in [1.165, 1.54) is 0 Å². The maximum Gasteiger partial charge on any atom is 0.197 e. The summed E-state index contributed by atoms with van der Waals surface area (Å²) in [6, 6.07) is 0. The highest BCUT2D eigenvalue weighted by atomic mass is 16.4. The topological polar surface area (TPSA) is 78.1 Å². The molecule has 3 rings (SSSR count). The first-order chi connectivity index (χ1) is 12.7. The standard InChI is InChI=1S/C21H29N3O3/c1-11(2)20-15(6)23-19(27-20)8-12(3)17-10-22-18(26-17)9-13(4)21-24-14(5)16(7)25-21/h10-13H,8-9H2,1-7H3. The van der Waals surface area contributed by atoms with Crippen molar-refractivity contribution in [2.45, 2.75) is 79.1 Å². The van der Waals surface area contributed by atoms with Crippen LogP contribution >= 0.6 is 0 Å². The van der Waals surface area contributed by atoms with E-state index in [0.717, 1.165) is 40.5 Å². The van der Waals surface area contributed by atoms with Crippen molar-refractivity contribution >= 4 is 0 Å². The van der Waals surface area contributed by atoms with Crippen molar-refractivity contribution in [3.8, 4) is 0 Å². The molecule has 0 amide bonds. The summed E-state index contributed by atoms with van der Waals surface area (Å²) in [6.45, 7) is 14.3. The van der Waals surface area contributed by atoms with Crippen LogP contribution in [0.3, 0.4) is 0 Å². The third kappa shape index (κ3) is 4.31. The number of hydrogen-bond donors (Lipinski definition) is 0. The Morgan fingerprint density at radius 1 is 0.815 bits per heavy atom. The highest BCUT2D eigenvalue weighted by Gasteiger charge is 2.21. The molecule has 0 aliphatic rings. The van der Waals surface area contributed by atoms with E-state index in [0.29, 0.717) is 24.7 Å². The van der Waals surface area contributed by atoms with Crippen LogP contribution in [0.5, 0.6) is 0 Å². The maximum atomic E-state index is 5.98. The molecule has 0 radical (unpaired) electrons. The average molecular weight is 371 g/mol. The number of aryl methyl sites for hydroxylation is 3. The van der Waals surface area contributed by atoms with Crippen LogP contribution in [0.15, 0.2) is 19.4 Å². The molecule has 0 spiro atoms. The van der Waals surface area contributed by atoms with Crippen LogP contribution in [0, 0.1) is 20.8 Å². The van der Waals surface area contributed by atoms with E-state index in [4.69, 9.17) is 13.3 Å². The summed E-state index contributed by atoms with van der Waals surface area (Å²) in [7, 11) is 0. The van der Waals surface area contributed by atoms with Crippen molar-refractivity contribution in [2.75, 3.05) is 0 Å². The number of oxazole rings is 3. The minimum absolute atomic E-state index is 0.113. The second kappa shape index (κ2) is 7.71. The molecule has 6 nitrogen and oxygen atoms in total. The summed E-state index contributed by atoms with van der Waals surface area (Å²) in [5, 5.41) is 0. The molecule has 3 aromatic rings. The minimum atomic E-state index is 0.113. The summed E-state index contributed by atoms with van der Waals surface area (Å²) in [5.41, 5.74) is 1.90. The van der Waals surface area contributed by atoms with Gasteiger partial charge in [0.2, 0.25) is 0 Å². The third-order valence-electron chi connectivity index (χ3n) is 4.89. The van der Waals surface area contributed by atoms with Crippen molar-refractivity contribution in [2.24, 2.45) is 0 Å². The lowest BCUT2D eigenvalue weighted by Crippen LogP contribution is -1.99. The molecule has 0 saturated heterocycles. The lowest BCUT2D eigenvalue weighted by Gasteiger charge is -2.06. The van der Waals surface area contributed by atoms with Gasteiger partial charge in [0, 0.05) is 30.6 Å². The van der Waals surface area contributed by atoms with Gasteiger partial charge in [0.05, 0.1) is 17.6 Å². The molecule has 0 saturated carbocycles. The minimum Gasteiger partial charge on any atom is -0.445 e. The van der Waals surface area contributed by atoms with Gasteiger partial charge in [-0.2, -0.15) is 0 Å². The molecule has 0 aromatic carbocycles. The monoisotopic (exact) mass is 371 g/mol. The zero-order chi connectivity index (χ0) is 19.7.